The highest BCUT2D eigenvalue weighted by atomic mass is 32.2. The largest absolute Gasteiger partial charge is 0.396 e. The van der Waals surface area contributed by atoms with Crippen molar-refractivity contribution in [2.24, 2.45) is 0 Å². The molecule has 0 aromatic heterocycles. The molecule has 2 rings (SSSR count). The molecule has 1 N–H and O–H groups in total. The molecule has 0 radical (unpaired) electrons. The highest BCUT2D eigenvalue weighted by molar-refractivity contribution is 7.92. The van der Waals surface area contributed by atoms with Gasteiger partial charge in [0.15, 0.2) is 9.84 Å². The van der Waals surface area contributed by atoms with Crippen LogP contribution in [0.1, 0.15) is 25.7 Å². The average Bonchev–Trinajstić information content (AvgIpc) is 2.88. The molecule has 0 heterocycles. The van der Waals surface area contributed by atoms with Crippen molar-refractivity contribution in [1.29, 1.82) is 0 Å². The molecule has 0 saturated heterocycles. The van der Waals surface area contributed by atoms with Crippen molar-refractivity contribution in [2.75, 3.05) is 6.61 Å². The van der Waals surface area contributed by atoms with Crippen LogP contribution in [0, 0.1) is 0 Å². The number of rotatable bonds is 5. The number of benzene rings is 1. The normalized spacial score (nSPS) is 18.1. The van der Waals surface area contributed by atoms with Crippen molar-refractivity contribution in [3.05, 3.63) is 42.5 Å². The van der Waals surface area contributed by atoms with Gasteiger partial charge in [-0.3, -0.25) is 0 Å². The van der Waals surface area contributed by atoms with E-state index in [1.54, 1.807) is 24.3 Å². The fourth-order valence-corrected chi connectivity index (χ4v) is 4.55. The van der Waals surface area contributed by atoms with Gasteiger partial charge in [-0.15, -0.1) is 0 Å². The first-order valence-corrected chi connectivity index (χ1v) is 7.66. The Hall–Kier alpha value is -1.13. The van der Waals surface area contributed by atoms with Crippen molar-refractivity contribution < 1.29 is 13.5 Å². The van der Waals surface area contributed by atoms with Crippen LogP contribution in [-0.2, 0) is 9.84 Å². The Morgan fingerprint density at radius 1 is 1.11 bits per heavy atom. The molecule has 98 valence electrons. The van der Waals surface area contributed by atoms with Gasteiger partial charge in [0.25, 0.3) is 0 Å². The van der Waals surface area contributed by atoms with Crippen LogP contribution in [0.4, 0.5) is 0 Å². The van der Waals surface area contributed by atoms with Gasteiger partial charge < -0.3 is 5.11 Å². The van der Waals surface area contributed by atoms with Crippen LogP contribution in [0.15, 0.2) is 47.4 Å². The van der Waals surface area contributed by atoms with Gasteiger partial charge in [-0.25, -0.2) is 8.42 Å². The number of allylic oxidation sites excluding steroid dienone is 2. The second-order valence-corrected chi connectivity index (χ2v) is 7.05. The predicted octanol–water partition coefficient (Wildman–Crippen LogP) is 2.32. The summed E-state index contributed by atoms with van der Waals surface area (Å²) in [6.45, 7) is 0.0338. The van der Waals surface area contributed by atoms with E-state index in [0.29, 0.717) is 30.6 Å². The third kappa shape index (κ3) is 2.22. The minimum atomic E-state index is -3.35. The zero-order valence-electron chi connectivity index (χ0n) is 10.2. The van der Waals surface area contributed by atoms with Gasteiger partial charge in [-0.05, 0) is 37.8 Å². The molecular formula is C14H18O3S. The molecule has 0 atom stereocenters. The lowest BCUT2D eigenvalue weighted by molar-refractivity contribution is 0.275. The summed E-state index contributed by atoms with van der Waals surface area (Å²) >= 11 is 0. The van der Waals surface area contributed by atoms with Gasteiger partial charge in [0.1, 0.15) is 0 Å². The smallest absolute Gasteiger partial charge is 0.184 e. The average molecular weight is 266 g/mol. The SMILES string of the molecule is O=S(=O)(c1ccccc1)C1(CCCO)CC=CC1. The number of aliphatic hydroxyl groups is 1. The van der Waals surface area contributed by atoms with E-state index in [1.807, 2.05) is 18.2 Å². The summed E-state index contributed by atoms with van der Waals surface area (Å²) < 4.78 is 24.7. The van der Waals surface area contributed by atoms with Crippen molar-refractivity contribution >= 4 is 9.84 Å². The van der Waals surface area contributed by atoms with Gasteiger partial charge in [-0.2, -0.15) is 0 Å². The third-order valence-corrected chi connectivity index (χ3v) is 6.13. The van der Waals surface area contributed by atoms with Gasteiger partial charge in [-0.1, -0.05) is 30.4 Å². The second kappa shape index (κ2) is 5.24. The molecule has 18 heavy (non-hydrogen) atoms. The summed E-state index contributed by atoms with van der Waals surface area (Å²) in [4.78, 5) is 0.381. The fourth-order valence-electron chi connectivity index (χ4n) is 2.49. The molecule has 4 heteroatoms. The van der Waals surface area contributed by atoms with Crippen LogP contribution in [0.25, 0.3) is 0 Å². The van der Waals surface area contributed by atoms with Crippen LogP contribution in [-0.4, -0.2) is 24.9 Å². The second-order valence-electron chi connectivity index (χ2n) is 4.71. The lowest BCUT2D eigenvalue weighted by Gasteiger charge is -2.28. The first kappa shape index (κ1) is 13.3. The van der Waals surface area contributed by atoms with Crippen LogP contribution in [0.2, 0.25) is 0 Å². The number of sulfone groups is 1. The Balaban J connectivity index is 2.37. The topological polar surface area (TPSA) is 54.4 Å². The van der Waals surface area contributed by atoms with Crippen LogP contribution in [0.3, 0.4) is 0 Å². The Kier molecular flexibility index (Phi) is 3.88. The highest BCUT2D eigenvalue weighted by Gasteiger charge is 2.44. The number of aliphatic hydroxyl groups excluding tert-OH is 1. The molecule has 0 bridgehead atoms. The van der Waals surface area contributed by atoms with Gasteiger partial charge in [0.05, 0.1) is 9.64 Å². The molecule has 1 aromatic rings. The van der Waals surface area contributed by atoms with Crippen molar-refractivity contribution in [1.82, 2.24) is 0 Å². The molecule has 0 spiro atoms. The zero-order chi connectivity index (χ0) is 13.1. The fraction of sp³-hybridized carbons (Fsp3) is 0.429. The van der Waals surface area contributed by atoms with Gasteiger partial charge >= 0.3 is 0 Å². The molecule has 3 nitrogen and oxygen atoms in total. The van der Waals surface area contributed by atoms with E-state index < -0.39 is 14.6 Å². The lowest BCUT2D eigenvalue weighted by Crippen LogP contribution is -2.36. The monoisotopic (exact) mass is 266 g/mol. The maximum atomic E-state index is 12.7. The van der Waals surface area contributed by atoms with E-state index in [1.165, 1.54) is 0 Å². The Bertz CT molecular complexity index is 509. The summed E-state index contributed by atoms with van der Waals surface area (Å²) in [6, 6.07) is 8.60. The standard InChI is InChI=1S/C14H18O3S/c15-12-6-11-14(9-4-5-10-14)18(16,17)13-7-2-1-3-8-13/h1-5,7-8,15H,6,9-12H2. The first-order valence-electron chi connectivity index (χ1n) is 6.18. The van der Waals surface area contributed by atoms with Crippen molar-refractivity contribution in [3.8, 4) is 0 Å². The summed E-state index contributed by atoms with van der Waals surface area (Å²) in [6.07, 6.45) is 5.98. The van der Waals surface area contributed by atoms with Crippen LogP contribution in [0.5, 0.6) is 0 Å². The molecular weight excluding hydrogens is 248 g/mol. The van der Waals surface area contributed by atoms with Crippen molar-refractivity contribution in [3.63, 3.8) is 0 Å². The molecule has 1 aliphatic rings. The van der Waals surface area contributed by atoms with Crippen molar-refractivity contribution in [2.45, 2.75) is 35.3 Å². The van der Waals surface area contributed by atoms with Gasteiger partial charge in [0, 0.05) is 6.61 Å². The Morgan fingerprint density at radius 2 is 1.72 bits per heavy atom. The van der Waals surface area contributed by atoms with E-state index in [4.69, 9.17) is 5.11 Å². The molecule has 1 aliphatic carbocycles. The van der Waals surface area contributed by atoms with E-state index in [0.717, 1.165) is 0 Å². The predicted molar refractivity (Wildman–Crippen MR) is 71.1 cm³/mol. The first-order chi connectivity index (χ1) is 8.62. The van der Waals surface area contributed by atoms with E-state index >= 15 is 0 Å². The molecule has 0 unspecified atom stereocenters. The third-order valence-electron chi connectivity index (χ3n) is 3.56. The minimum Gasteiger partial charge on any atom is -0.396 e. The van der Waals surface area contributed by atoms with E-state index in [-0.39, 0.29) is 6.61 Å². The van der Waals surface area contributed by atoms with Crippen LogP contribution < -0.4 is 0 Å². The summed E-state index contributed by atoms with van der Waals surface area (Å²) in [5.41, 5.74) is 0. The molecule has 0 amide bonds. The summed E-state index contributed by atoms with van der Waals surface area (Å²) in [7, 11) is -3.35. The molecule has 0 aliphatic heterocycles. The summed E-state index contributed by atoms with van der Waals surface area (Å²) in [5.74, 6) is 0. The molecule has 0 saturated carbocycles. The molecule has 1 aromatic carbocycles. The van der Waals surface area contributed by atoms with Crippen LogP contribution >= 0.6 is 0 Å². The lowest BCUT2D eigenvalue weighted by atomic mass is 10.00. The minimum absolute atomic E-state index is 0.0338. The molecule has 0 fully saturated rings. The quantitative estimate of drug-likeness (QED) is 0.832. The number of hydrogen-bond donors (Lipinski definition) is 1. The Morgan fingerprint density at radius 3 is 2.28 bits per heavy atom. The van der Waals surface area contributed by atoms with E-state index in [9.17, 15) is 8.42 Å². The number of hydrogen-bond acceptors (Lipinski definition) is 3. The van der Waals surface area contributed by atoms with E-state index in [2.05, 4.69) is 0 Å². The Labute approximate surface area is 108 Å². The maximum Gasteiger partial charge on any atom is 0.184 e. The summed E-state index contributed by atoms with van der Waals surface area (Å²) in [5, 5.41) is 8.96. The maximum absolute atomic E-state index is 12.7. The highest BCUT2D eigenvalue weighted by Crippen LogP contribution is 2.40. The van der Waals surface area contributed by atoms with Gasteiger partial charge in [0.2, 0.25) is 0 Å². The zero-order valence-corrected chi connectivity index (χ0v) is 11.1.